The first-order chi connectivity index (χ1) is 16.1. The molecule has 174 valence electrons. The molecule has 3 aromatic rings. The second-order valence-corrected chi connectivity index (χ2v) is 7.78. The quantitative estimate of drug-likeness (QED) is 0.385. The van der Waals surface area contributed by atoms with E-state index < -0.39 is 0 Å². The predicted molar refractivity (Wildman–Crippen MR) is 127 cm³/mol. The Kier molecular flexibility index (Phi) is 7.06. The highest BCUT2D eigenvalue weighted by atomic mass is 16.5. The lowest BCUT2D eigenvalue weighted by Crippen LogP contribution is -2.32. The Bertz CT molecular complexity index is 1110. The minimum atomic E-state index is -0.270. The molecule has 0 saturated carbocycles. The van der Waals surface area contributed by atoms with Crippen LogP contribution in [-0.4, -0.2) is 53.7 Å². The number of nitrogens with one attached hydrogen (secondary N) is 3. The maximum atomic E-state index is 12.5. The molecular formula is C23H29N7O3. The van der Waals surface area contributed by atoms with E-state index in [-0.39, 0.29) is 18.6 Å². The summed E-state index contributed by atoms with van der Waals surface area (Å²) >= 11 is 0. The van der Waals surface area contributed by atoms with E-state index in [1.807, 2.05) is 31.4 Å². The Hall–Kier alpha value is -3.63. The zero-order valence-electron chi connectivity index (χ0n) is 18.8. The zero-order chi connectivity index (χ0) is 23.2. The molecule has 3 heterocycles. The molecule has 0 bridgehead atoms. The standard InChI is InChI=1S/C23H29N7O3/c1-30-13-15(12-26-30)18-4-3-17(11-20(18)32-2)27-21-6-5-19(23(31)25-14-24)22(29-21)28-16-7-9-33-10-8-16/h3-6,11-13,16H,7-10,14,24H2,1-2H3,(H,25,31)(H2,27,28,29). The Morgan fingerprint density at radius 2 is 2.09 bits per heavy atom. The van der Waals surface area contributed by atoms with Crippen molar-refractivity contribution in [2.45, 2.75) is 18.9 Å². The Morgan fingerprint density at radius 1 is 1.27 bits per heavy atom. The van der Waals surface area contributed by atoms with Gasteiger partial charge >= 0.3 is 0 Å². The van der Waals surface area contributed by atoms with Gasteiger partial charge in [-0.1, -0.05) is 0 Å². The van der Waals surface area contributed by atoms with E-state index in [1.165, 1.54) is 0 Å². The summed E-state index contributed by atoms with van der Waals surface area (Å²) in [5.74, 6) is 1.56. The third-order valence-corrected chi connectivity index (χ3v) is 5.45. The van der Waals surface area contributed by atoms with Gasteiger partial charge in [0, 0.05) is 55.4 Å². The monoisotopic (exact) mass is 451 g/mol. The van der Waals surface area contributed by atoms with Crippen LogP contribution in [-0.2, 0) is 11.8 Å². The lowest BCUT2D eigenvalue weighted by Gasteiger charge is -2.25. The summed E-state index contributed by atoms with van der Waals surface area (Å²) in [5, 5.41) is 13.6. The number of benzene rings is 1. The second kappa shape index (κ2) is 10.3. The van der Waals surface area contributed by atoms with Crippen LogP contribution >= 0.6 is 0 Å². The lowest BCUT2D eigenvalue weighted by atomic mass is 10.1. The Morgan fingerprint density at radius 3 is 2.79 bits per heavy atom. The Labute approximate surface area is 192 Å². The molecule has 10 heteroatoms. The maximum absolute atomic E-state index is 12.5. The highest BCUT2D eigenvalue weighted by Gasteiger charge is 2.19. The number of carbonyl (C=O) groups excluding carboxylic acids is 1. The van der Waals surface area contributed by atoms with E-state index in [0.29, 0.717) is 36.2 Å². The number of aryl methyl sites for hydroxylation is 1. The molecule has 1 fully saturated rings. The molecule has 1 aliphatic heterocycles. The van der Waals surface area contributed by atoms with Crippen LogP contribution in [0, 0.1) is 0 Å². The lowest BCUT2D eigenvalue weighted by molar-refractivity contribution is 0.0903. The van der Waals surface area contributed by atoms with Gasteiger partial charge in [0.25, 0.3) is 5.91 Å². The van der Waals surface area contributed by atoms with Crippen LogP contribution in [0.1, 0.15) is 23.2 Å². The van der Waals surface area contributed by atoms with Gasteiger partial charge in [0.2, 0.25) is 0 Å². The smallest absolute Gasteiger partial charge is 0.256 e. The van der Waals surface area contributed by atoms with Crippen molar-refractivity contribution in [1.82, 2.24) is 20.1 Å². The van der Waals surface area contributed by atoms with Crippen molar-refractivity contribution in [3.05, 3.63) is 48.3 Å². The van der Waals surface area contributed by atoms with Crippen LogP contribution in [0.2, 0.25) is 0 Å². The fourth-order valence-electron chi connectivity index (χ4n) is 3.76. The number of hydrogen-bond donors (Lipinski definition) is 4. The van der Waals surface area contributed by atoms with Crippen LogP contribution in [0.25, 0.3) is 11.1 Å². The topological polar surface area (TPSA) is 128 Å². The van der Waals surface area contributed by atoms with E-state index in [2.05, 4.69) is 26.0 Å². The van der Waals surface area contributed by atoms with Gasteiger partial charge in [0.05, 0.1) is 25.5 Å². The fourth-order valence-corrected chi connectivity index (χ4v) is 3.76. The highest BCUT2D eigenvalue weighted by molar-refractivity contribution is 5.99. The number of methoxy groups -OCH3 is 1. The van der Waals surface area contributed by atoms with Crippen molar-refractivity contribution >= 4 is 23.2 Å². The van der Waals surface area contributed by atoms with Crippen molar-refractivity contribution in [3.8, 4) is 16.9 Å². The molecule has 1 aliphatic rings. The molecule has 4 rings (SSSR count). The first-order valence-electron chi connectivity index (χ1n) is 10.8. The van der Waals surface area contributed by atoms with Crippen LogP contribution < -0.4 is 26.4 Å². The summed E-state index contributed by atoms with van der Waals surface area (Å²) in [6, 6.07) is 9.52. The summed E-state index contributed by atoms with van der Waals surface area (Å²) in [7, 11) is 3.51. The molecule has 5 N–H and O–H groups in total. The summed E-state index contributed by atoms with van der Waals surface area (Å²) in [6.07, 6.45) is 5.44. The molecule has 0 unspecified atom stereocenters. The second-order valence-electron chi connectivity index (χ2n) is 7.78. The van der Waals surface area contributed by atoms with E-state index >= 15 is 0 Å². The number of anilines is 3. The molecule has 2 aromatic heterocycles. The van der Waals surface area contributed by atoms with Crippen LogP contribution in [0.15, 0.2) is 42.7 Å². The summed E-state index contributed by atoms with van der Waals surface area (Å²) < 4.78 is 12.8. The van der Waals surface area contributed by atoms with Gasteiger partial charge < -0.3 is 31.2 Å². The van der Waals surface area contributed by atoms with Gasteiger partial charge in [-0.05, 0) is 37.1 Å². The normalized spacial score (nSPS) is 14.0. The third-order valence-electron chi connectivity index (χ3n) is 5.45. The highest BCUT2D eigenvalue weighted by Crippen LogP contribution is 2.33. The predicted octanol–water partition coefficient (Wildman–Crippen LogP) is 2.47. The van der Waals surface area contributed by atoms with Gasteiger partial charge in [-0.25, -0.2) is 4.98 Å². The molecule has 1 aromatic carbocycles. The molecule has 10 nitrogen and oxygen atoms in total. The molecule has 0 radical (unpaired) electrons. The van der Waals surface area contributed by atoms with Crippen molar-refractivity contribution < 1.29 is 14.3 Å². The molecule has 0 spiro atoms. The fraction of sp³-hybridized carbons (Fsp3) is 0.348. The molecular weight excluding hydrogens is 422 g/mol. The minimum Gasteiger partial charge on any atom is -0.496 e. The Balaban J connectivity index is 1.59. The third kappa shape index (κ3) is 5.41. The van der Waals surface area contributed by atoms with Gasteiger partial charge in [-0.2, -0.15) is 5.10 Å². The van der Waals surface area contributed by atoms with E-state index in [1.54, 1.807) is 30.1 Å². The molecule has 1 saturated heterocycles. The van der Waals surface area contributed by atoms with E-state index in [9.17, 15) is 4.79 Å². The summed E-state index contributed by atoms with van der Waals surface area (Å²) in [5.41, 5.74) is 8.67. The summed E-state index contributed by atoms with van der Waals surface area (Å²) in [6.45, 7) is 1.42. The van der Waals surface area contributed by atoms with Gasteiger partial charge in [-0.3, -0.25) is 9.48 Å². The van der Waals surface area contributed by atoms with Gasteiger partial charge in [0.1, 0.15) is 17.4 Å². The number of aromatic nitrogens is 3. The minimum absolute atomic E-state index is 0.0542. The number of carbonyl (C=O) groups is 1. The largest absolute Gasteiger partial charge is 0.496 e. The molecule has 0 atom stereocenters. The number of rotatable bonds is 8. The number of nitrogens with zero attached hydrogens (tertiary/aromatic N) is 3. The first kappa shape index (κ1) is 22.6. The number of hydrogen-bond acceptors (Lipinski definition) is 8. The number of amides is 1. The number of pyridine rings is 1. The zero-order valence-corrected chi connectivity index (χ0v) is 18.8. The van der Waals surface area contributed by atoms with Crippen molar-refractivity contribution in [2.75, 3.05) is 37.6 Å². The summed E-state index contributed by atoms with van der Waals surface area (Å²) in [4.78, 5) is 17.2. The average molecular weight is 452 g/mol. The molecule has 0 aliphatic carbocycles. The number of ether oxygens (including phenoxy) is 2. The van der Waals surface area contributed by atoms with Gasteiger partial charge in [0.15, 0.2) is 0 Å². The number of nitrogens with two attached hydrogens (primary N) is 1. The molecule has 33 heavy (non-hydrogen) atoms. The molecule has 1 amide bonds. The van der Waals surface area contributed by atoms with Crippen molar-refractivity contribution in [1.29, 1.82) is 0 Å². The SMILES string of the molecule is COc1cc(Nc2ccc(C(=O)NCN)c(NC3CCOCC3)n2)ccc1-c1cnn(C)c1. The van der Waals surface area contributed by atoms with Crippen LogP contribution in [0.3, 0.4) is 0 Å². The van der Waals surface area contributed by atoms with Gasteiger partial charge in [-0.15, -0.1) is 0 Å². The first-order valence-corrected chi connectivity index (χ1v) is 10.8. The van der Waals surface area contributed by atoms with Crippen LogP contribution in [0.4, 0.5) is 17.3 Å². The van der Waals surface area contributed by atoms with E-state index in [4.69, 9.17) is 15.2 Å². The van der Waals surface area contributed by atoms with E-state index in [0.717, 1.165) is 29.7 Å². The van der Waals surface area contributed by atoms with Crippen molar-refractivity contribution in [2.24, 2.45) is 12.8 Å². The van der Waals surface area contributed by atoms with Crippen LogP contribution in [0.5, 0.6) is 5.75 Å². The maximum Gasteiger partial charge on any atom is 0.256 e. The van der Waals surface area contributed by atoms with Crippen molar-refractivity contribution in [3.63, 3.8) is 0 Å². The average Bonchev–Trinajstić information content (AvgIpc) is 3.26.